The number of aromatic nitrogens is 2. The third kappa shape index (κ3) is 3.48. The maximum absolute atomic E-state index is 11.9. The lowest BCUT2D eigenvalue weighted by Crippen LogP contribution is -2.15. The first-order chi connectivity index (χ1) is 11.7. The van der Waals surface area contributed by atoms with Crippen LogP contribution in [-0.4, -0.2) is 29.1 Å². The van der Waals surface area contributed by atoms with Crippen LogP contribution in [0.2, 0.25) is 0 Å². The molecule has 0 saturated carbocycles. The average Bonchev–Trinajstić information content (AvgIpc) is 2.93. The van der Waals surface area contributed by atoms with Gasteiger partial charge in [-0.05, 0) is 31.2 Å². The van der Waals surface area contributed by atoms with E-state index < -0.39 is 5.97 Å². The van der Waals surface area contributed by atoms with Crippen molar-refractivity contribution in [2.24, 2.45) is 0 Å². The number of esters is 1. The summed E-state index contributed by atoms with van der Waals surface area (Å²) in [6.45, 7) is 1.88. The smallest absolute Gasteiger partial charge is 0.344 e. The molecule has 0 fully saturated rings. The summed E-state index contributed by atoms with van der Waals surface area (Å²) in [5.74, 6) is 0.780. The monoisotopic (exact) mass is 326 g/mol. The molecule has 0 N–H and O–H groups in total. The molecule has 0 aliphatic heterocycles. The molecule has 3 rings (SSSR count). The number of imidazole rings is 1. The van der Waals surface area contributed by atoms with E-state index in [1.807, 2.05) is 35.7 Å². The minimum atomic E-state index is -0.442. The van der Waals surface area contributed by atoms with Gasteiger partial charge in [0.25, 0.3) is 0 Å². The van der Waals surface area contributed by atoms with Gasteiger partial charge >= 0.3 is 5.97 Å². The molecule has 0 bridgehead atoms. The second-order valence-electron chi connectivity index (χ2n) is 5.20. The fourth-order valence-corrected chi connectivity index (χ4v) is 2.36. The summed E-state index contributed by atoms with van der Waals surface area (Å²) < 4.78 is 17.7. The molecule has 0 amide bonds. The van der Waals surface area contributed by atoms with E-state index in [9.17, 15) is 4.79 Å². The predicted molar refractivity (Wildman–Crippen MR) is 88.2 cm³/mol. The van der Waals surface area contributed by atoms with Gasteiger partial charge in [-0.15, -0.1) is 0 Å². The first kappa shape index (κ1) is 15.9. The number of nitrogens with zero attached hydrogens (tertiary/aromatic N) is 2. The van der Waals surface area contributed by atoms with Gasteiger partial charge in [-0.3, -0.25) is 0 Å². The zero-order valence-electron chi connectivity index (χ0n) is 13.6. The number of rotatable bonds is 6. The molecule has 0 unspecified atom stereocenters. The largest absolute Gasteiger partial charge is 0.497 e. The first-order valence-corrected chi connectivity index (χ1v) is 7.52. The molecular weight excluding hydrogens is 308 g/mol. The Morgan fingerprint density at radius 2 is 2.00 bits per heavy atom. The summed E-state index contributed by atoms with van der Waals surface area (Å²) in [4.78, 5) is 16.3. The van der Waals surface area contributed by atoms with Crippen LogP contribution in [0.3, 0.4) is 0 Å². The Morgan fingerprint density at radius 3 is 2.83 bits per heavy atom. The number of pyridine rings is 1. The van der Waals surface area contributed by atoms with Crippen LogP contribution >= 0.6 is 0 Å². The molecular formula is C18H18N2O4. The zero-order chi connectivity index (χ0) is 16.9. The highest BCUT2D eigenvalue weighted by atomic mass is 16.6. The molecule has 3 aromatic rings. The molecule has 124 valence electrons. The molecule has 6 heteroatoms. The summed E-state index contributed by atoms with van der Waals surface area (Å²) in [7, 11) is 1.57. The minimum absolute atomic E-state index is 0.150. The normalized spacial score (nSPS) is 10.6. The van der Waals surface area contributed by atoms with Crippen molar-refractivity contribution in [3.63, 3.8) is 0 Å². The molecule has 0 atom stereocenters. The molecule has 2 heterocycles. The fraction of sp³-hybridized carbons (Fsp3) is 0.222. The van der Waals surface area contributed by atoms with Gasteiger partial charge in [0.05, 0.1) is 18.5 Å². The summed E-state index contributed by atoms with van der Waals surface area (Å²) in [6.07, 6.45) is 1.89. The maximum Gasteiger partial charge on any atom is 0.344 e. The van der Waals surface area contributed by atoms with Crippen molar-refractivity contribution >= 4 is 11.6 Å². The molecule has 6 nitrogen and oxygen atoms in total. The van der Waals surface area contributed by atoms with Gasteiger partial charge in [0, 0.05) is 12.3 Å². The highest BCUT2D eigenvalue weighted by Gasteiger charge is 2.11. The Morgan fingerprint density at radius 1 is 1.17 bits per heavy atom. The van der Waals surface area contributed by atoms with Gasteiger partial charge in [-0.1, -0.05) is 12.1 Å². The van der Waals surface area contributed by atoms with Gasteiger partial charge in [0.15, 0.2) is 6.61 Å². The number of ether oxygens (including phenoxy) is 3. The van der Waals surface area contributed by atoms with Crippen LogP contribution in [0.25, 0.3) is 5.65 Å². The van der Waals surface area contributed by atoms with Gasteiger partial charge in [-0.2, -0.15) is 0 Å². The highest BCUT2D eigenvalue weighted by Crippen LogP contribution is 2.19. The van der Waals surface area contributed by atoms with Crippen molar-refractivity contribution in [3.8, 4) is 11.5 Å². The summed E-state index contributed by atoms with van der Waals surface area (Å²) in [5, 5.41) is 0. The van der Waals surface area contributed by atoms with Crippen molar-refractivity contribution in [1.29, 1.82) is 0 Å². The number of hydrogen-bond donors (Lipinski definition) is 0. The van der Waals surface area contributed by atoms with Crippen LogP contribution in [0.1, 0.15) is 11.4 Å². The minimum Gasteiger partial charge on any atom is -0.497 e. The predicted octanol–water partition coefficient (Wildman–Crippen LogP) is 2.77. The van der Waals surface area contributed by atoms with Gasteiger partial charge in [-0.25, -0.2) is 9.78 Å². The topological polar surface area (TPSA) is 62.1 Å². The third-order valence-electron chi connectivity index (χ3n) is 3.60. The fourth-order valence-electron chi connectivity index (χ4n) is 2.36. The molecule has 1 aromatic carbocycles. The van der Waals surface area contributed by atoms with Crippen molar-refractivity contribution < 1.29 is 19.0 Å². The van der Waals surface area contributed by atoms with Crippen molar-refractivity contribution in [2.75, 3.05) is 13.7 Å². The second-order valence-corrected chi connectivity index (χ2v) is 5.20. The number of benzene rings is 1. The Labute approximate surface area is 139 Å². The summed E-state index contributed by atoms with van der Waals surface area (Å²) in [6, 6.07) is 12.8. The Balaban J connectivity index is 1.58. The molecule has 0 saturated heterocycles. The lowest BCUT2D eigenvalue weighted by molar-refractivity contribution is -0.147. The van der Waals surface area contributed by atoms with Crippen molar-refractivity contribution in [1.82, 2.24) is 9.38 Å². The van der Waals surface area contributed by atoms with E-state index >= 15 is 0 Å². The highest BCUT2D eigenvalue weighted by molar-refractivity contribution is 5.71. The van der Waals surface area contributed by atoms with Crippen LogP contribution in [-0.2, 0) is 16.1 Å². The number of aryl methyl sites for hydroxylation is 1. The van der Waals surface area contributed by atoms with E-state index in [1.165, 1.54) is 0 Å². The number of fused-ring (bicyclic) bond motifs is 1. The molecule has 0 radical (unpaired) electrons. The quantitative estimate of drug-likeness (QED) is 0.652. The summed E-state index contributed by atoms with van der Waals surface area (Å²) in [5.41, 5.74) is 2.51. The van der Waals surface area contributed by atoms with Gasteiger partial charge < -0.3 is 18.6 Å². The number of carbonyl (C=O) groups is 1. The number of hydrogen-bond acceptors (Lipinski definition) is 5. The third-order valence-corrected chi connectivity index (χ3v) is 3.60. The lowest BCUT2D eigenvalue weighted by Gasteiger charge is -2.08. The van der Waals surface area contributed by atoms with E-state index in [0.29, 0.717) is 11.5 Å². The Kier molecular flexibility index (Phi) is 4.65. The molecule has 24 heavy (non-hydrogen) atoms. The Hall–Kier alpha value is -3.02. The lowest BCUT2D eigenvalue weighted by atomic mass is 10.3. The van der Waals surface area contributed by atoms with E-state index in [0.717, 1.165) is 17.0 Å². The van der Waals surface area contributed by atoms with Crippen LogP contribution in [0.4, 0.5) is 0 Å². The van der Waals surface area contributed by atoms with Crippen molar-refractivity contribution in [3.05, 3.63) is 60.0 Å². The van der Waals surface area contributed by atoms with Gasteiger partial charge in [0.2, 0.25) is 0 Å². The van der Waals surface area contributed by atoms with Crippen LogP contribution < -0.4 is 9.47 Å². The van der Waals surface area contributed by atoms with E-state index in [2.05, 4.69) is 4.98 Å². The summed E-state index contributed by atoms with van der Waals surface area (Å²) >= 11 is 0. The van der Waals surface area contributed by atoms with E-state index in [-0.39, 0.29) is 13.2 Å². The Bertz CT molecular complexity index is 857. The maximum atomic E-state index is 11.9. The average molecular weight is 326 g/mol. The second kappa shape index (κ2) is 7.04. The van der Waals surface area contributed by atoms with E-state index in [1.54, 1.807) is 31.4 Å². The molecule has 2 aromatic heterocycles. The molecule has 0 aliphatic rings. The van der Waals surface area contributed by atoms with Crippen LogP contribution in [0, 0.1) is 6.92 Å². The zero-order valence-corrected chi connectivity index (χ0v) is 13.6. The van der Waals surface area contributed by atoms with Crippen LogP contribution in [0.5, 0.6) is 11.5 Å². The number of carbonyl (C=O) groups excluding carboxylic acids is 1. The standard InChI is InChI=1S/C18H18N2O4/c1-13-16(20-9-4-3-8-17(20)19-13)11-24-18(21)12-23-15-7-5-6-14(10-15)22-2/h3-10H,11-12H2,1-2H3. The van der Waals surface area contributed by atoms with E-state index in [4.69, 9.17) is 14.2 Å². The van der Waals surface area contributed by atoms with Gasteiger partial charge in [0.1, 0.15) is 23.8 Å². The van der Waals surface area contributed by atoms with Crippen molar-refractivity contribution in [2.45, 2.75) is 13.5 Å². The SMILES string of the molecule is COc1cccc(OCC(=O)OCc2c(C)nc3ccccn23)c1. The molecule has 0 aliphatic carbocycles. The first-order valence-electron chi connectivity index (χ1n) is 7.52. The number of methoxy groups -OCH3 is 1. The molecule has 0 spiro atoms. The van der Waals surface area contributed by atoms with Crippen LogP contribution in [0.15, 0.2) is 48.7 Å².